The third-order valence-corrected chi connectivity index (χ3v) is 5.36. The number of aliphatic hydroxyl groups is 1. The van der Waals surface area contributed by atoms with Gasteiger partial charge in [-0.25, -0.2) is 9.97 Å². The number of carbonyl (C=O) groups is 2. The fraction of sp³-hybridized carbons (Fsp3) is 0.476. The predicted octanol–water partition coefficient (Wildman–Crippen LogP) is 1.69. The van der Waals surface area contributed by atoms with Crippen LogP contribution in [0.25, 0.3) is 5.57 Å². The fourth-order valence-corrected chi connectivity index (χ4v) is 3.72. The van der Waals surface area contributed by atoms with Crippen molar-refractivity contribution in [1.29, 1.82) is 5.26 Å². The minimum absolute atomic E-state index is 0.121. The molecule has 0 spiro atoms. The van der Waals surface area contributed by atoms with Crippen LogP contribution < -0.4 is 10.6 Å². The maximum atomic E-state index is 12.1. The SMILES string of the molecule is CCOCC(=O)N(CCCNc1nccc(/C(C#N)=C2\NC(C(C)C)=CS2)n1)C(=O)CO. The second kappa shape index (κ2) is 12.8. The van der Waals surface area contributed by atoms with Gasteiger partial charge in [-0.05, 0) is 30.7 Å². The quantitative estimate of drug-likeness (QED) is 0.330. The Kier molecular flexibility index (Phi) is 10.1. The number of imide groups is 1. The van der Waals surface area contributed by atoms with Crippen LogP contribution in [-0.4, -0.2) is 64.7 Å². The van der Waals surface area contributed by atoms with Gasteiger partial charge in [-0.15, -0.1) is 0 Å². The summed E-state index contributed by atoms with van der Waals surface area (Å²) in [5.41, 5.74) is 1.96. The number of aromatic nitrogens is 2. The summed E-state index contributed by atoms with van der Waals surface area (Å²) < 4.78 is 5.05. The lowest BCUT2D eigenvalue weighted by Gasteiger charge is -2.20. The molecule has 11 heteroatoms. The summed E-state index contributed by atoms with van der Waals surface area (Å²) >= 11 is 1.45. The topological polar surface area (TPSA) is 140 Å². The summed E-state index contributed by atoms with van der Waals surface area (Å²) in [4.78, 5) is 33.5. The monoisotopic (exact) mass is 460 g/mol. The van der Waals surface area contributed by atoms with Crippen molar-refractivity contribution in [3.63, 3.8) is 0 Å². The van der Waals surface area contributed by atoms with E-state index in [-0.39, 0.29) is 13.2 Å². The molecular weight excluding hydrogens is 432 g/mol. The third-order valence-electron chi connectivity index (χ3n) is 4.44. The average Bonchev–Trinajstić information content (AvgIpc) is 3.28. The maximum Gasteiger partial charge on any atom is 0.255 e. The van der Waals surface area contributed by atoms with Crippen molar-refractivity contribution in [2.75, 3.05) is 38.2 Å². The molecule has 1 aromatic heterocycles. The second-order valence-corrected chi connectivity index (χ2v) is 7.95. The largest absolute Gasteiger partial charge is 0.387 e. The number of hydrogen-bond donors (Lipinski definition) is 3. The molecule has 0 aliphatic carbocycles. The number of nitriles is 1. The van der Waals surface area contributed by atoms with Gasteiger partial charge in [0.25, 0.3) is 11.8 Å². The van der Waals surface area contributed by atoms with E-state index in [2.05, 4.69) is 40.5 Å². The van der Waals surface area contributed by atoms with Crippen molar-refractivity contribution in [3.05, 3.63) is 34.1 Å². The van der Waals surface area contributed by atoms with E-state index in [0.717, 1.165) is 15.6 Å². The van der Waals surface area contributed by atoms with Gasteiger partial charge in [0.1, 0.15) is 24.9 Å². The predicted molar refractivity (Wildman–Crippen MR) is 122 cm³/mol. The van der Waals surface area contributed by atoms with Crippen LogP contribution >= 0.6 is 11.8 Å². The Bertz CT molecular complexity index is 925. The average molecular weight is 461 g/mol. The first kappa shape index (κ1) is 25.3. The number of rotatable bonds is 11. The highest BCUT2D eigenvalue weighted by molar-refractivity contribution is 8.06. The van der Waals surface area contributed by atoms with E-state index in [4.69, 9.17) is 9.84 Å². The second-order valence-electron chi connectivity index (χ2n) is 7.07. The standard InChI is InChI=1S/C21H28N6O4S/c1-4-31-12-19(30)27(18(29)11-28)9-5-7-23-21-24-8-6-16(26-21)15(10-22)20-25-17(13-32-20)14(2)3/h6,8,13-14,25,28H,4-5,7,9,11-12H2,1-3H3,(H,23,24,26)/b20-15+. The van der Waals surface area contributed by atoms with E-state index in [1.54, 1.807) is 19.2 Å². The van der Waals surface area contributed by atoms with Crippen molar-refractivity contribution >= 4 is 35.1 Å². The smallest absolute Gasteiger partial charge is 0.255 e. The molecule has 0 atom stereocenters. The molecule has 1 aromatic rings. The summed E-state index contributed by atoms with van der Waals surface area (Å²) in [7, 11) is 0. The third kappa shape index (κ3) is 7.05. The van der Waals surface area contributed by atoms with Crippen LogP contribution in [0.15, 0.2) is 28.4 Å². The Morgan fingerprint density at radius 2 is 2.19 bits per heavy atom. The van der Waals surface area contributed by atoms with Crippen LogP contribution in [0.1, 0.15) is 32.9 Å². The first-order valence-electron chi connectivity index (χ1n) is 10.3. The first-order valence-corrected chi connectivity index (χ1v) is 11.2. The molecule has 2 heterocycles. The lowest BCUT2D eigenvalue weighted by molar-refractivity contribution is -0.149. The Morgan fingerprint density at radius 3 is 2.81 bits per heavy atom. The van der Waals surface area contributed by atoms with Crippen molar-refractivity contribution in [1.82, 2.24) is 20.2 Å². The lowest BCUT2D eigenvalue weighted by Crippen LogP contribution is -2.42. The number of aliphatic hydroxyl groups excluding tert-OH is 1. The molecule has 10 nitrogen and oxygen atoms in total. The maximum absolute atomic E-state index is 12.1. The summed E-state index contributed by atoms with van der Waals surface area (Å²) in [6, 6.07) is 3.87. The molecule has 0 bridgehead atoms. The highest BCUT2D eigenvalue weighted by Crippen LogP contribution is 2.33. The van der Waals surface area contributed by atoms with Gasteiger partial charge in [0, 0.05) is 31.6 Å². The molecule has 1 aliphatic rings. The highest BCUT2D eigenvalue weighted by atomic mass is 32.2. The molecule has 0 saturated carbocycles. The molecule has 32 heavy (non-hydrogen) atoms. The molecule has 0 aromatic carbocycles. The van der Waals surface area contributed by atoms with E-state index < -0.39 is 18.4 Å². The van der Waals surface area contributed by atoms with Gasteiger partial charge in [-0.3, -0.25) is 14.5 Å². The molecule has 0 radical (unpaired) electrons. The van der Waals surface area contributed by atoms with E-state index in [1.807, 2.05) is 5.41 Å². The molecule has 172 valence electrons. The van der Waals surface area contributed by atoms with Crippen molar-refractivity contribution in [3.8, 4) is 6.07 Å². The van der Waals surface area contributed by atoms with E-state index in [1.165, 1.54) is 11.8 Å². The van der Waals surface area contributed by atoms with Crippen LogP contribution in [-0.2, 0) is 14.3 Å². The zero-order valence-corrected chi connectivity index (χ0v) is 19.2. The molecule has 0 unspecified atom stereocenters. The van der Waals surface area contributed by atoms with Gasteiger partial charge in [-0.2, -0.15) is 5.26 Å². The van der Waals surface area contributed by atoms with Crippen LogP contribution in [0.5, 0.6) is 0 Å². The molecule has 0 fully saturated rings. The summed E-state index contributed by atoms with van der Waals surface area (Å²) in [5.74, 6) is -0.517. The minimum atomic E-state index is -0.749. The zero-order valence-electron chi connectivity index (χ0n) is 18.4. The van der Waals surface area contributed by atoms with Crippen molar-refractivity contribution in [2.24, 2.45) is 5.92 Å². The normalized spacial score (nSPS) is 14.4. The number of ether oxygens (including phenoxy) is 1. The molecular formula is C21H28N6O4S. The number of thioether (sulfide) groups is 1. The van der Waals surface area contributed by atoms with E-state index in [9.17, 15) is 14.9 Å². The van der Waals surface area contributed by atoms with Gasteiger partial charge < -0.3 is 20.5 Å². The van der Waals surface area contributed by atoms with Crippen molar-refractivity contribution < 1.29 is 19.4 Å². The summed E-state index contributed by atoms with van der Waals surface area (Å²) in [6.07, 6.45) is 1.98. The van der Waals surface area contributed by atoms with Gasteiger partial charge in [-0.1, -0.05) is 25.6 Å². The molecule has 1 aliphatic heterocycles. The highest BCUT2D eigenvalue weighted by Gasteiger charge is 2.21. The Morgan fingerprint density at radius 1 is 1.41 bits per heavy atom. The number of nitrogens with one attached hydrogen (secondary N) is 2. The number of hydrogen-bond acceptors (Lipinski definition) is 10. The Balaban J connectivity index is 1.97. The molecule has 3 N–H and O–H groups in total. The minimum Gasteiger partial charge on any atom is -0.387 e. The van der Waals surface area contributed by atoms with Crippen molar-refractivity contribution in [2.45, 2.75) is 27.2 Å². The van der Waals surface area contributed by atoms with Gasteiger partial charge >= 0.3 is 0 Å². The zero-order chi connectivity index (χ0) is 23.5. The number of anilines is 1. The van der Waals surface area contributed by atoms with Gasteiger partial charge in [0.2, 0.25) is 5.95 Å². The van der Waals surface area contributed by atoms with Crippen LogP contribution in [0.2, 0.25) is 0 Å². The van der Waals surface area contributed by atoms with Gasteiger partial charge in [0.15, 0.2) is 0 Å². The molecule has 2 rings (SSSR count). The number of carbonyl (C=O) groups excluding carboxylic acids is 2. The summed E-state index contributed by atoms with van der Waals surface area (Å²) in [5, 5.41) is 27.8. The molecule has 0 saturated heterocycles. The first-order chi connectivity index (χ1) is 15.4. The lowest BCUT2D eigenvalue weighted by atomic mass is 10.1. The fourth-order valence-electron chi connectivity index (χ4n) is 2.70. The molecule has 2 amide bonds. The van der Waals surface area contributed by atoms with Crippen LogP contribution in [0.3, 0.4) is 0 Å². The number of allylic oxidation sites excluding steroid dienone is 2. The summed E-state index contributed by atoms with van der Waals surface area (Å²) in [6.45, 7) is 5.78. The Hall–Kier alpha value is -2.94. The number of amides is 2. The van der Waals surface area contributed by atoms with E-state index in [0.29, 0.717) is 42.7 Å². The number of nitrogens with zero attached hydrogens (tertiary/aromatic N) is 4. The van der Waals surface area contributed by atoms with Crippen LogP contribution in [0, 0.1) is 17.2 Å². The van der Waals surface area contributed by atoms with E-state index >= 15 is 0 Å². The Labute approximate surface area is 191 Å². The van der Waals surface area contributed by atoms with Gasteiger partial charge in [0.05, 0.1) is 10.7 Å². The van der Waals surface area contributed by atoms with Crippen LogP contribution in [0.4, 0.5) is 5.95 Å².